The molecule has 1 saturated carbocycles. The molecule has 3 rings (SSSR count). The molecule has 0 unspecified atom stereocenters. The van der Waals surface area contributed by atoms with E-state index in [1.165, 1.54) is 12.8 Å². The highest BCUT2D eigenvalue weighted by atomic mass is 16.5. The van der Waals surface area contributed by atoms with Gasteiger partial charge in [-0.3, -0.25) is 9.59 Å². The Labute approximate surface area is 148 Å². The Balaban J connectivity index is 1.65. The highest BCUT2D eigenvalue weighted by Gasteiger charge is 2.30. The van der Waals surface area contributed by atoms with E-state index in [0.717, 1.165) is 19.4 Å². The van der Waals surface area contributed by atoms with Gasteiger partial charge in [0.1, 0.15) is 11.5 Å². The summed E-state index contributed by atoms with van der Waals surface area (Å²) in [6, 6.07) is 5.16. The largest absolute Gasteiger partial charge is 0.497 e. The Bertz CT molecular complexity index is 620. The van der Waals surface area contributed by atoms with Crippen molar-refractivity contribution in [3.8, 4) is 11.5 Å². The number of ether oxygens (including phenoxy) is 2. The molecule has 136 valence electrons. The first-order valence-corrected chi connectivity index (χ1v) is 8.90. The number of carbonyl (C=O) groups is 2. The Hall–Kier alpha value is -2.24. The van der Waals surface area contributed by atoms with E-state index in [1.807, 2.05) is 0 Å². The smallest absolute Gasteiger partial charge is 0.254 e. The number of nitrogens with one attached hydrogen (secondary N) is 1. The van der Waals surface area contributed by atoms with Crippen LogP contribution in [0.5, 0.6) is 11.5 Å². The number of amides is 2. The Morgan fingerprint density at radius 2 is 1.80 bits per heavy atom. The van der Waals surface area contributed by atoms with Gasteiger partial charge in [-0.05, 0) is 43.7 Å². The van der Waals surface area contributed by atoms with Crippen molar-refractivity contribution >= 4 is 11.8 Å². The van der Waals surface area contributed by atoms with Gasteiger partial charge < -0.3 is 19.7 Å². The summed E-state index contributed by atoms with van der Waals surface area (Å²) in [4.78, 5) is 27.0. The highest BCUT2D eigenvalue weighted by Crippen LogP contribution is 2.28. The molecule has 1 N–H and O–H groups in total. The molecule has 25 heavy (non-hydrogen) atoms. The molecule has 0 radical (unpaired) electrons. The van der Waals surface area contributed by atoms with Gasteiger partial charge in [0.25, 0.3) is 5.91 Å². The topological polar surface area (TPSA) is 67.9 Å². The first-order chi connectivity index (χ1) is 12.1. The van der Waals surface area contributed by atoms with E-state index in [-0.39, 0.29) is 17.7 Å². The van der Waals surface area contributed by atoms with Crippen molar-refractivity contribution in [3.63, 3.8) is 0 Å². The van der Waals surface area contributed by atoms with Gasteiger partial charge in [-0.2, -0.15) is 0 Å². The normalized spacial score (nSPS) is 20.1. The second-order valence-electron chi connectivity index (χ2n) is 6.88. The van der Waals surface area contributed by atoms with Crippen LogP contribution in [0, 0.1) is 11.8 Å². The maximum absolute atomic E-state index is 12.9. The lowest BCUT2D eigenvalue weighted by atomic mass is 9.96. The molecule has 1 aromatic carbocycles. The van der Waals surface area contributed by atoms with E-state index in [9.17, 15) is 9.59 Å². The predicted octanol–water partition coefficient (Wildman–Crippen LogP) is 2.08. The maximum atomic E-state index is 12.9. The summed E-state index contributed by atoms with van der Waals surface area (Å²) < 4.78 is 10.5. The highest BCUT2D eigenvalue weighted by molar-refractivity contribution is 5.95. The van der Waals surface area contributed by atoms with Crippen LogP contribution in [0.3, 0.4) is 0 Å². The number of benzene rings is 1. The van der Waals surface area contributed by atoms with Crippen LogP contribution in [-0.4, -0.2) is 50.6 Å². The fraction of sp³-hybridized carbons (Fsp3) is 0.579. The van der Waals surface area contributed by atoms with Gasteiger partial charge in [0.2, 0.25) is 5.91 Å². The van der Waals surface area contributed by atoms with Crippen LogP contribution in [0.15, 0.2) is 18.2 Å². The number of hydrogen-bond acceptors (Lipinski definition) is 4. The maximum Gasteiger partial charge on any atom is 0.254 e. The van der Waals surface area contributed by atoms with Crippen molar-refractivity contribution in [3.05, 3.63) is 23.8 Å². The average Bonchev–Trinajstić information content (AvgIpc) is 3.49. The Morgan fingerprint density at radius 1 is 1.12 bits per heavy atom. The molecule has 0 aromatic heterocycles. The summed E-state index contributed by atoms with van der Waals surface area (Å²) >= 11 is 0. The lowest BCUT2D eigenvalue weighted by molar-refractivity contribution is -0.126. The molecular weight excluding hydrogens is 320 g/mol. The molecular formula is C19H26N2O4. The molecule has 2 fully saturated rings. The minimum absolute atomic E-state index is 0.0765. The van der Waals surface area contributed by atoms with Crippen LogP contribution in [0.2, 0.25) is 0 Å². The van der Waals surface area contributed by atoms with Crippen LogP contribution in [0.4, 0.5) is 0 Å². The van der Waals surface area contributed by atoms with Crippen molar-refractivity contribution in [2.45, 2.75) is 25.7 Å². The van der Waals surface area contributed by atoms with Crippen LogP contribution >= 0.6 is 0 Å². The molecule has 1 aliphatic heterocycles. The van der Waals surface area contributed by atoms with Gasteiger partial charge in [-0.15, -0.1) is 0 Å². The second-order valence-corrected chi connectivity index (χ2v) is 6.88. The third kappa shape index (κ3) is 4.44. The summed E-state index contributed by atoms with van der Waals surface area (Å²) in [5.74, 6) is 1.69. The molecule has 1 atom stereocenters. The molecule has 6 nitrogen and oxygen atoms in total. The lowest BCUT2D eigenvalue weighted by Crippen LogP contribution is -2.45. The zero-order valence-corrected chi connectivity index (χ0v) is 14.9. The van der Waals surface area contributed by atoms with Crippen molar-refractivity contribution < 1.29 is 19.1 Å². The summed E-state index contributed by atoms with van der Waals surface area (Å²) in [6.45, 7) is 1.91. The predicted molar refractivity (Wildman–Crippen MR) is 93.9 cm³/mol. The summed E-state index contributed by atoms with van der Waals surface area (Å²) in [6.07, 6.45) is 4.11. The monoisotopic (exact) mass is 346 g/mol. The van der Waals surface area contributed by atoms with Crippen LogP contribution in [0.1, 0.15) is 36.0 Å². The van der Waals surface area contributed by atoms with E-state index >= 15 is 0 Å². The van der Waals surface area contributed by atoms with Gasteiger partial charge in [-0.1, -0.05) is 0 Å². The molecule has 1 saturated heterocycles. The fourth-order valence-electron chi connectivity index (χ4n) is 3.20. The SMILES string of the molecule is COc1cc(OC)cc(C(=O)N2CCC[C@H](C(=O)NCC3CC3)C2)c1. The van der Waals surface area contributed by atoms with Crippen molar-refractivity contribution in [2.75, 3.05) is 33.9 Å². The molecule has 1 aliphatic carbocycles. The first kappa shape index (κ1) is 17.6. The van der Waals surface area contributed by atoms with Crippen molar-refractivity contribution in [1.82, 2.24) is 10.2 Å². The average molecular weight is 346 g/mol. The Kier molecular flexibility index (Phi) is 5.46. The van der Waals surface area contributed by atoms with E-state index in [4.69, 9.17) is 9.47 Å². The lowest BCUT2D eigenvalue weighted by Gasteiger charge is -2.32. The van der Waals surface area contributed by atoms with Gasteiger partial charge in [0, 0.05) is 31.3 Å². The number of piperidine rings is 1. The molecule has 2 aliphatic rings. The molecule has 6 heteroatoms. The first-order valence-electron chi connectivity index (χ1n) is 8.90. The fourth-order valence-corrected chi connectivity index (χ4v) is 3.20. The number of methoxy groups -OCH3 is 2. The third-order valence-electron chi connectivity index (χ3n) is 4.94. The van der Waals surface area contributed by atoms with Crippen LogP contribution in [0.25, 0.3) is 0 Å². The molecule has 2 amide bonds. The number of carbonyl (C=O) groups excluding carboxylic acids is 2. The second kappa shape index (κ2) is 7.76. The molecule has 1 aromatic rings. The van der Waals surface area contributed by atoms with E-state index in [1.54, 1.807) is 37.3 Å². The standard InChI is InChI=1S/C19H26N2O4/c1-24-16-8-15(9-17(10-16)25-2)19(23)21-7-3-4-14(12-21)18(22)20-11-13-5-6-13/h8-10,13-14H,3-7,11-12H2,1-2H3,(H,20,22)/t14-/m0/s1. The minimum Gasteiger partial charge on any atom is -0.497 e. The van der Waals surface area contributed by atoms with Crippen LogP contribution in [-0.2, 0) is 4.79 Å². The van der Waals surface area contributed by atoms with Gasteiger partial charge in [-0.25, -0.2) is 0 Å². The summed E-state index contributed by atoms with van der Waals surface area (Å²) in [7, 11) is 3.12. The number of rotatable bonds is 6. The minimum atomic E-state index is -0.121. The molecule has 0 spiro atoms. The van der Waals surface area contributed by atoms with Gasteiger partial charge >= 0.3 is 0 Å². The van der Waals surface area contributed by atoms with E-state index < -0.39 is 0 Å². The number of likely N-dealkylation sites (tertiary alicyclic amines) is 1. The van der Waals surface area contributed by atoms with Gasteiger partial charge in [0.15, 0.2) is 0 Å². The summed E-state index contributed by atoms with van der Waals surface area (Å²) in [5.41, 5.74) is 0.523. The van der Waals surface area contributed by atoms with E-state index in [0.29, 0.717) is 36.1 Å². The third-order valence-corrected chi connectivity index (χ3v) is 4.94. The quantitative estimate of drug-likeness (QED) is 0.856. The molecule has 0 bridgehead atoms. The summed E-state index contributed by atoms with van der Waals surface area (Å²) in [5, 5.41) is 3.03. The van der Waals surface area contributed by atoms with Crippen molar-refractivity contribution in [1.29, 1.82) is 0 Å². The van der Waals surface area contributed by atoms with E-state index in [2.05, 4.69) is 5.32 Å². The number of hydrogen-bond donors (Lipinski definition) is 1. The zero-order valence-electron chi connectivity index (χ0n) is 14.9. The zero-order chi connectivity index (χ0) is 17.8. The van der Waals surface area contributed by atoms with Gasteiger partial charge in [0.05, 0.1) is 20.1 Å². The Morgan fingerprint density at radius 3 is 2.40 bits per heavy atom. The van der Waals surface area contributed by atoms with Crippen LogP contribution < -0.4 is 14.8 Å². The van der Waals surface area contributed by atoms with Crippen molar-refractivity contribution in [2.24, 2.45) is 11.8 Å². The number of nitrogens with zero attached hydrogens (tertiary/aromatic N) is 1. The molecule has 1 heterocycles.